The summed E-state index contributed by atoms with van der Waals surface area (Å²) in [4.78, 5) is 25.2. The molecule has 25 heavy (non-hydrogen) atoms. The minimum atomic E-state index is -1.39. The number of primary amides is 1. The SMILES string of the molecule is NC(=O)C1(OC(=O)c2csc3ccccc23)CCCc2ccccc21. The molecule has 1 atom stereocenters. The van der Waals surface area contributed by atoms with E-state index in [2.05, 4.69) is 0 Å². The highest BCUT2D eigenvalue weighted by molar-refractivity contribution is 7.17. The minimum absolute atomic E-state index is 0.410. The van der Waals surface area contributed by atoms with Gasteiger partial charge in [0, 0.05) is 27.5 Å². The van der Waals surface area contributed by atoms with Crippen molar-refractivity contribution in [3.63, 3.8) is 0 Å². The summed E-state index contributed by atoms with van der Waals surface area (Å²) in [7, 11) is 0. The van der Waals surface area contributed by atoms with E-state index in [4.69, 9.17) is 10.5 Å². The Balaban J connectivity index is 1.77. The molecule has 0 fully saturated rings. The molecule has 0 saturated carbocycles. The number of hydrogen-bond donors (Lipinski definition) is 1. The Morgan fingerprint density at radius 3 is 2.68 bits per heavy atom. The van der Waals surface area contributed by atoms with Gasteiger partial charge in [0.15, 0.2) is 0 Å². The molecule has 4 nitrogen and oxygen atoms in total. The summed E-state index contributed by atoms with van der Waals surface area (Å²) in [5, 5.41) is 2.61. The maximum Gasteiger partial charge on any atom is 0.341 e. The number of esters is 1. The second-order valence-corrected chi connectivity index (χ2v) is 7.15. The molecule has 2 aromatic carbocycles. The van der Waals surface area contributed by atoms with Crippen LogP contribution in [0, 0.1) is 0 Å². The lowest BCUT2D eigenvalue weighted by Crippen LogP contribution is -2.47. The number of hydrogen-bond acceptors (Lipinski definition) is 4. The molecule has 1 heterocycles. The average molecular weight is 351 g/mol. The van der Waals surface area contributed by atoms with Gasteiger partial charge < -0.3 is 10.5 Å². The van der Waals surface area contributed by atoms with Crippen molar-refractivity contribution >= 4 is 33.3 Å². The molecule has 3 aromatic rings. The molecule has 0 radical (unpaired) electrons. The van der Waals surface area contributed by atoms with Crippen molar-refractivity contribution in [2.24, 2.45) is 5.73 Å². The van der Waals surface area contributed by atoms with E-state index in [0.29, 0.717) is 17.5 Å². The number of nitrogens with two attached hydrogens (primary N) is 1. The van der Waals surface area contributed by atoms with Crippen LogP contribution in [0.4, 0.5) is 0 Å². The lowest BCUT2D eigenvalue weighted by molar-refractivity contribution is -0.140. The van der Waals surface area contributed by atoms with E-state index < -0.39 is 17.5 Å². The van der Waals surface area contributed by atoms with Crippen LogP contribution in [0.1, 0.15) is 34.3 Å². The second-order valence-electron chi connectivity index (χ2n) is 6.24. The van der Waals surface area contributed by atoms with Crippen molar-refractivity contribution in [2.75, 3.05) is 0 Å². The molecule has 0 bridgehead atoms. The molecule has 5 heteroatoms. The number of amides is 1. The van der Waals surface area contributed by atoms with Crippen molar-refractivity contribution in [1.29, 1.82) is 0 Å². The summed E-state index contributed by atoms with van der Waals surface area (Å²) in [5.74, 6) is -1.12. The molecule has 126 valence electrons. The summed E-state index contributed by atoms with van der Waals surface area (Å²) < 4.78 is 6.82. The summed E-state index contributed by atoms with van der Waals surface area (Å²) in [6, 6.07) is 15.2. The molecule has 1 aliphatic rings. The maximum atomic E-state index is 12.9. The van der Waals surface area contributed by atoms with Gasteiger partial charge in [-0.15, -0.1) is 11.3 Å². The molecule has 1 amide bonds. The quantitative estimate of drug-likeness (QED) is 0.730. The molecular formula is C20H17NO3S. The molecule has 2 N–H and O–H groups in total. The van der Waals surface area contributed by atoms with E-state index >= 15 is 0 Å². The Labute approximate surface area is 149 Å². The van der Waals surface area contributed by atoms with Crippen molar-refractivity contribution < 1.29 is 14.3 Å². The van der Waals surface area contributed by atoms with Crippen molar-refractivity contribution in [3.05, 3.63) is 70.6 Å². The van der Waals surface area contributed by atoms with Crippen molar-refractivity contribution in [3.8, 4) is 0 Å². The number of carbonyl (C=O) groups is 2. The number of thiophene rings is 1. The van der Waals surface area contributed by atoms with E-state index in [1.54, 1.807) is 5.38 Å². The van der Waals surface area contributed by atoms with Crippen LogP contribution in [-0.4, -0.2) is 11.9 Å². The van der Waals surface area contributed by atoms with Crippen molar-refractivity contribution in [2.45, 2.75) is 24.9 Å². The fourth-order valence-electron chi connectivity index (χ4n) is 3.56. The predicted octanol–water partition coefficient (Wildman–Crippen LogP) is 3.78. The van der Waals surface area contributed by atoms with Crippen LogP contribution in [0.15, 0.2) is 53.9 Å². The fourth-order valence-corrected chi connectivity index (χ4v) is 4.49. The van der Waals surface area contributed by atoms with Gasteiger partial charge in [-0.2, -0.15) is 0 Å². The van der Waals surface area contributed by atoms with Crippen LogP contribution in [0.25, 0.3) is 10.1 Å². The van der Waals surface area contributed by atoms with Gasteiger partial charge in [0.2, 0.25) is 5.60 Å². The Morgan fingerprint density at radius 2 is 1.84 bits per heavy atom. The first-order valence-corrected chi connectivity index (χ1v) is 9.08. The first kappa shape index (κ1) is 15.8. The van der Waals surface area contributed by atoms with E-state index in [0.717, 1.165) is 28.5 Å². The minimum Gasteiger partial charge on any atom is -0.440 e. The molecule has 1 aromatic heterocycles. The lowest BCUT2D eigenvalue weighted by Gasteiger charge is -2.35. The van der Waals surface area contributed by atoms with Crippen LogP contribution >= 0.6 is 11.3 Å². The lowest BCUT2D eigenvalue weighted by atomic mass is 9.78. The number of ether oxygens (including phenoxy) is 1. The molecule has 1 unspecified atom stereocenters. The Bertz CT molecular complexity index is 978. The number of aryl methyl sites for hydroxylation is 1. The monoisotopic (exact) mass is 351 g/mol. The fraction of sp³-hybridized carbons (Fsp3) is 0.200. The summed E-state index contributed by atoms with van der Waals surface area (Å²) in [6.07, 6.45) is 2.01. The second kappa shape index (κ2) is 6.01. The van der Waals surface area contributed by atoms with Crippen LogP contribution in [0.5, 0.6) is 0 Å². The van der Waals surface area contributed by atoms with Gasteiger partial charge >= 0.3 is 5.97 Å². The molecular weight excluding hydrogens is 334 g/mol. The first-order chi connectivity index (χ1) is 12.1. The number of fused-ring (bicyclic) bond motifs is 2. The van der Waals surface area contributed by atoms with E-state index in [1.807, 2.05) is 48.5 Å². The zero-order valence-corrected chi connectivity index (χ0v) is 14.3. The van der Waals surface area contributed by atoms with Crippen molar-refractivity contribution in [1.82, 2.24) is 0 Å². The normalized spacial score (nSPS) is 19.4. The first-order valence-electron chi connectivity index (χ1n) is 8.20. The van der Waals surface area contributed by atoms with E-state index in [-0.39, 0.29) is 0 Å². The maximum absolute atomic E-state index is 12.9. The Hall–Kier alpha value is -2.66. The zero-order chi connectivity index (χ0) is 17.4. The predicted molar refractivity (Wildman–Crippen MR) is 97.5 cm³/mol. The third-order valence-corrected chi connectivity index (χ3v) is 5.76. The van der Waals surface area contributed by atoms with Crippen LogP contribution in [-0.2, 0) is 21.6 Å². The highest BCUT2D eigenvalue weighted by atomic mass is 32.1. The number of carbonyl (C=O) groups excluding carboxylic acids is 2. The third-order valence-electron chi connectivity index (χ3n) is 4.79. The van der Waals surface area contributed by atoms with E-state index in [1.165, 1.54) is 11.3 Å². The number of rotatable bonds is 3. The van der Waals surface area contributed by atoms with Gasteiger partial charge in [0.05, 0.1) is 5.56 Å². The number of benzene rings is 2. The molecule has 0 aliphatic heterocycles. The zero-order valence-electron chi connectivity index (χ0n) is 13.5. The van der Waals surface area contributed by atoms with Crippen LogP contribution in [0.3, 0.4) is 0 Å². The van der Waals surface area contributed by atoms with Gasteiger partial charge in [-0.05, 0) is 24.5 Å². The highest BCUT2D eigenvalue weighted by Crippen LogP contribution is 2.39. The van der Waals surface area contributed by atoms with Gasteiger partial charge in [-0.1, -0.05) is 42.5 Å². The molecule has 4 rings (SSSR count). The average Bonchev–Trinajstić information content (AvgIpc) is 3.06. The molecule has 0 spiro atoms. The van der Waals surface area contributed by atoms with Crippen LogP contribution in [0.2, 0.25) is 0 Å². The van der Waals surface area contributed by atoms with Gasteiger partial charge in [-0.25, -0.2) is 4.79 Å². The summed E-state index contributed by atoms with van der Waals surface area (Å²) >= 11 is 1.48. The summed E-state index contributed by atoms with van der Waals surface area (Å²) in [6.45, 7) is 0. The smallest absolute Gasteiger partial charge is 0.341 e. The molecule has 1 aliphatic carbocycles. The summed E-state index contributed by atoms with van der Waals surface area (Å²) in [5.41, 5.74) is 6.52. The highest BCUT2D eigenvalue weighted by Gasteiger charge is 2.46. The van der Waals surface area contributed by atoms with Crippen LogP contribution < -0.4 is 5.73 Å². The Morgan fingerprint density at radius 1 is 1.08 bits per heavy atom. The van der Waals surface area contributed by atoms with Gasteiger partial charge in [0.25, 0.3) is 5.91 Å². The standard InChI is InChI=1S/C20H17NO3S/c21-19(23)20(11-5-7-13-6-1-3-9-16(13)20)24-18(22)15-12-25-17-10-4-2-8-14(15)17/h1-4,6,8-10,12H,5,7,11H2,(H2,21,23). The van der Waals surface area contributed by atoms with Gasteiger partial charge in [0.1, 0.15) is 0 Å². The third kappa shape index (κ3) is 2.51. The van der Waals surface area contributed by atoms with Gasteiger partial charge in [-0.3, -0.25) is 4.79 Å². The largest absolute Gasteiger partial charge is 0.440 e. The van der Waals surface area contributed by atoms with E-state index in [9.17, 15) is 9.59 Å². The molecule has 0 saturated heterocycles. The topological polar surface area (TPSA) is 69.4 Å². The Kier molecular flexibility index (Phi) is 3.81.